The molecule has 0 aliphatic carbocycles. The summed E-state index contributed by atoms with van der Waals surface area (Å²) < 4.78 is 37.6. The van der Waals surface area contributed by atoms with Gasteiger partial charge in [-0.3, -0.25) is 9.59 Å². The van der Waals surface area contributed by atoms with Crippen LogP contribution in [0.5, 0.6) is 0 Å². The van der Waals surface area contributed by atoms with Gasteiger partial charge in [-0.25, -0.2) is 19.2 Å². The molecule has 4 bridgehead atoms. The Labute approximate surface area is 323 Å². The molecular formula is C20H28I5O18V2. The number of carbonyl (C=O) groups excluding carboxylic acids is 6. The molecule has 0 aromatic carbocycles. The van der Waals surface area contributed by atoms with E-state index in [1.165, 1.54) is 0 Å². The van der Waals surface area contributed by atoms with E-state index >= 15 is 0 Å². The van der Waals surface area contributed by atoms with Crippen molar-refractivity contribution in [3.63, 3.8) is 0 Å². The average Bonchev–Trinajstić information content (AvgIpc) is 3.63. The number of rotatable bonds is 8. The van der Waals surface area contributed by atoms with Gasteiger partial charge in [0.2, 0.25) is 0 Å². The molecule has 18 nitrogen and oxygen atoms in total. The molecule has 4 N–H and O–H groups in total. The van der Waals surface area contributed by atoms with E-state index in [4.69, 9.17) is 39.4 Å². The van der Waals surface area contributed by atoms with Crippen molar-refractivity contribution in [1.82, 2.24) is 0 Å². The molecule has 0 aromatic rings. The Kier molecular flexibility index (Phi) is 34.4. The second-order valence-electron chi connectivity index (χ2n) is 7.28. The molecule has 45 heavy (non-hydrogen) atoms. The molecule has 0 saturated carbocycles. The van der Waals surface area contributed by atoms with Crippen LogP contribution in [-0.2, 0) is 81.0 Å². The molecule has 6 unspecified atom stereocenters. The van der Waals surface area contributed by atoms with Crippen LogP contribution in [0.15, 0.2) is 0 Å². The van der Waals surface area contributed by atoms with Gasteiger partial charge in [0.1, 0.15) is 26.4 Å². The number of hydrogen-bond acceptors (Lipinski definition) is 18. The van der Waals surface area contributed by atoms with E-state index in [0.717, 1.165) is 0 Å². The zero-order chi connectivity index (χ0) is 34.8. The van der Waals surface area contributed by atoms with Crippen LogP contribution in [0.4, 0.5) is 0 Å². The van der Waals surface area contributed by atoms with Crippen LogP contribution in [0.3, 0.4) is 0 Å². The Morgan fingerprint density at radius 1 is 0.800 bits per heavy atom. The molecule has 4 rings (SSSR count). The van der Waals surface area contributed by atoms with Gasteiger partial charge in [-0.05, 0) is 0 Å². The second-order valence-corrected chi connectivity index (χ2v) is 54.4. The fourth-order valence-corrected chi connectivity index (χ4v) is 2.40. The van der Waals surface area contributed by atoms with Crippen LogP contribution in [0, 0.1) is 0 Å². The molecule has 4 aliphatic rings. The van der Waals surface area contributed by atoms with Gasteiger partial charge in [0.05, 0.1) is 26.4 Å². The van der Waals surface area contributed by atoms with Crippen molar-refractivity contribution in [2.45, 2.75) is 37.0 Å². The Hall–Kier alpha value is 1.72. The number of cyclic esters (lactones) is 2. The van der Waals surface area contributed by atoms with Crippen molar-refractivity contribution in [1.29, 1.82) is 0 Å². The monoisotopic (exact) mass is 1290 g/mol. The fourth-order valence-electron chi connectivity index (χ4n) is 2.40. The fraction of sp³-hybridized carbons (Fsp3) is 0.700. The van der Waals surface area contributed by atoms with E-state index in [1.54, 1.807) is 0 Å². The molecule has 0 aromatic heterocycles. The van der Waals surface area contributed by atoms with E-state index in [2.05, 4.69) is 119 Å². The summed E-state index contributed by atoms with van der Waals surface area (Å²) in [6.45, 7) is -0.987. The van der Waals surface area contributed by atoms with Crippen molar-refractivity contribution in [2.75, 3.05) is 52.9 Å². The summed E-state index contributed by atoms with van der Waals surface area (Å²) in [5.74, 6) is -2.59. The number of esters is 4. The van der Waals surface area contributed by atoms with Gasteiger partial charge in [-0.15, -0.1) is 0 Å². The molecule has 0 spiro atoms. The van der Waals surface area contributed by atoms with E-state index in [1.807, 2.05) is 0 Å². The van der Waals surface area contributed by atoms with Crippen molar-refractivity contribution in [3.05, 3.63) is 0 Å². The van der Waals surface area contributed by atoms with Crippen LogP contribution in [0.1, 0.15) is 0 Å². The third kappa shape index (κ3) is 26.2. The third-order valence-electron chi connectivity index (χ3n) is 4.23. The molecule has 25 heteroatoms. The number of carbonyl (C=O) groups is 6. The number of hydrogen-bond donors (Lipinski definition) is 4. The van der Waals surface area contributed by atoms with Gasteiger partial charge >= 0.3 is 138 Å². The van der Waals surface area contributed by atoms with Crippen LogP contribution in [-0.4, -0.2) is 147 Å². The minimum absolute atomic E-state index is 0.245. The van der Waals surface area contributed by atoms with Crippen molar-refractivity contribution in [3.8, 4) is 0 Å². The maximum absolute atomic E-state index is 10.6. The molecule has 6 atom stereocenters. The summed E-state index contributed by atoms with van der Waals surface area (Å²) >= 11 is 12.1. The first-order valence-electron chi connectivity index (χ1n) is 11.7. The standard InChI is InChI=1S/2C5H8O5.2C5H6O4.5HI.2V/c2*6-1-2-10-5(9)4(8)3-7;2*6-5-3-1-7-4(9-3)2-8-5;;;;;;;/h2*1,4,7-8H,2-3H2;2*3-4H,1-2H2;5*1H;;/q;;;;;;;;;+2;+3/p-5. The molecule has 0 radical (unpaired) electrons. The van der Waals surface area contributed by atoms with E-state index in [9.17, 15) is 28.8 Å². The predicted molar refractivity (Wildman–Crippen MR) is 181 cm³/mol. The summed E-state index contributed by atoms with van der Waals surface area (Å²) in [4.78, 5) is 60.9. The van der Waals surface area contributed by atoms with Crippen molar-refractivity contribution >= 4 is 136 Å². The van der Waals surface area contributed by atoms with Crippen LogP contribution in [0.2, 0.25) is 0 Å². The third-order valence-corrected chi connectivity index (χ3v) is 4.23. The molecule has 0 amide bonds. The van der Waals surface area contributed by atoms with E-state index < -0.39 is 62.8 Å². The van der Waals surface area contributed by atoms with Gasteiger partial charge in [0.15, 0.2) is 49.6 Å². The van der Waals surface area contributed by atoms with Crippen LogP contribution < -0.4 is 0 Å². The number of fused-ring (bicyclic) bond motifs is 4. The average molecular weight is 1290 g/mol. The SMILES string of the molecule is O=C1OCC2OCC1O2.O=C1OCC2OCC1O2.O=CCOC(=O)C(O)CO.O=CCOC(=O)C(O)CO.[I][V]([I])[I].[I][V][I]. The summed E-state index contributed by atoms with van der Waals surface area (Å²) in [6, 6.07) is 0. The van der Waals surface area contributed by atoms with Crippen molar-refractivity contribution in [2.24, 2.45) is 0 Å². The van der Waals surface area contributed by atoms with Gasteiger partial charge in [-0.2, -0.15) is 0 Å². The Bertz CT molecular complexity index is 811. The Morgan fingerprint density at radius 2 is 1.11 bits per heavy atom. The molecule has 261 valence electrons. The van der Waals surface area contributed by atoms with Gasteiger partial charge in [0, 0.05) is 0 Å². The minimum atomic E-state index is -1.54. The van der Waals surface area contributed by atoms with E-state index in [-0.39, 0.29) is 42.7 Å². The van der Waals surface area contributed by atoms with Gasteiger partial charge in [0.25, 0.3) is 0 Å². The van der Waals surface area contributed by atoms with E-state index in [0.29, 0.717) is 35.3 Å². The first-order chi connectivity index (χ1) is 21.3. The molecule has 4 fully saturated rings. The Morgan fingerprint density at radius 3 is 1.36 bits per heavy atom. The first-order valence-corrected chi connectivity index (χ1v) is 34.2. The predicted octanol–water partition coefficient (Wildman–Crippen LogP) is -0.844. The normalized spacial score (nSPS) is 22.8. The molecular weight excluding hydrogens is 1260 g/mol. The molecule has 4 aliphatic heterocycles. The van der Waals surface area contributed by atoms with Crippen molar-refractivity contribution < 1.29 is 101 Å². The summed E-state index contributed by atoms with van der Waals surface area (Å²) in [5.41, 5.74) is 0. The quantitative estimate of drug-likeness (QED) is 0.100. The number of halogens is 5. The summed E-state index contributed by atoms with van der Waals surface area (Å²) in [7, 11) is 0.628. The zero-order valence-electron chi connectivity index (χ0n) is 22.6. The Balaban J connectivity index is 0. The van der Waals surface area contributed by atoms with Gasteiger partial charge in [-0.1, -0.05) is 0 Å². The van der Waals surface area contributed by atoms with Crippen LogP contribution >= 0.6 is 99.9 Å². The number of aliphatic hydroxyl groups excluding tert-OH is 4. The number of ether oxygens (including phenoxy) is 8. The maximum atomic E-state index is 10.6. The number of aliphatic hydroxyl groups is 4. The summed E-state index contributed by atoms with van der Waals surface area (Å²) in [5, 5.41) is 33.4. The molecule has 4 heterocycles. The topological polar surface area (TPSA) is 257 Å². The van der Waals surface area contributed by atoms with Crippen LogP contribution in [0.25, 0.3) is 0 Å². The first kappa shape index (κ1) is 48.8. The van der Waals surface area contributed by atoms with Gasteiger partial charge < -0.3 is 58.3 Å². The molecule has 4 saturated heterocycles. The summed E-state index contributed by atoms with van der Waals surface area (Å²) in [6.07, 6.45) is -3.84. The zero-order valence-corrected chi connectivity index (χ0v) is 36.1. The second kappa shape index (κ2) is 31.7. The number of aldehydes is 2.